The molecule has 104 valence electrons. The number of methoxy groups -OCH3 is 1. The van der Waals surface area contributed by atoms with Gasteiger partial charge in [-0.05, 0) is 24.0 Å². The van der Waals surface area contributed by atoms with E-state index in [1.807, 2.05) is 44.2 Å². The van der Waals surface area contributed by atoms with Crippen LogP contribution in [0.1, 0.15) is 26.7 Å². The summed E-state index contributed by atoms with van der Waals surface area (Å²) >= 11 is 0. The highest BCUT2D eigenvalue weighted by Gasteiger charge is 2.33. The topological polar surface area (TPSA) is 62.1 Å². The predicted octanol–water partition coefficient (Wildman–Crippen LogP) is 3.27. The number of ketones is 1. The molecule has 0 atom stereocenters. The normalized spacial score (nSPS) is 17.6. The van der Waals surface area contributed by atoms with Crippen molar-refractivity contribution in [3.8, 4) is 11.8 Å². The van der Waals surface area contributed by atoms with Crippen molar-refractivity contribution in [2.45, 2.75) is 26.7 Å². The maximum atomic E-state index is 12.0. The Morgan fingerprint density at radius 2 is 2.00 bits per heavy atom. The molecule has 2 rings (SSSR count). The molecule has 0 aliphatic heterocycles. The number of anilines is 1. The maximum absolute atomic E-state index is 12.0. The predicted molar refractivity (Wildman–Crippen MR) is 77.3 cm³/mol. The third-order valence-corrected chi connectivity index (χ3v) is 3.38. The average molecular weight is 270 g/mol. The molecule has 0 saturated heterocycles. The van der Waals surface area contributed by atoms with Gasteiger partial charge in [-0.2, -0.15) is 5.26 Å². The van der Waals surface area contributed by atoms with Crippen LogP contribution < -0.4 is 10.1 Å². The number of para-hydroxylation sites is 2. The summed E-state index contributed by atoms with van der Waals surface area (Å²) in [5.74, 6) is 0.592. The van der Waals surface area contributed by atoms with Crippen LogP contribution in [0.15, 0.2) is 35.5 Å². The minimum Gasteiger partial charge on any atom is -0.495 e. The summed E-state index contributed by atoms with van der Waals surface area (Å²) < 4.78 is 5.28. The fourth-order valence-electron chi connectivity index (χ4n) is 2.47. The van der Waals surface area contributed by atoms with E-state index in [1.54, 1.807) is 7.11 Å². The molecular formula is C16H18N2O2. The summed E-state index contributed by atoms with van der Waals surface area (Å²) in [6.45, 7) is 4.06. The van der Waals surface area contributed by atoms with Crippen LogP contribution in [0.2, 0.25) is 0 Å². The van der Waals surface area contributed by atoms with E-state index in [9.17, 15) is 10.1 Å². The highest BCUT2D eigenvalue weighted by Crippen LogP contribution is 2.38. The van der Waals surface area contributed by atoms with E-state index in [1.165, 1.54) is 0 Å². The van der Waals surface area contributed by atoms with Crippen molar-refractivity contribution in [1.29, 1.82) is 5.26 Å². The second-order valence-electron chi connectivity index (χ2n) is 5.73. The first-order valence-corrected chi connectivity index (χ1v) is 6.53. The fraction of sp³-hybridized carbons (Fsp3) is 0.375. The van der Waals surface area contributed by atoms with E-state index in [0.29, 0.717) is 24.3 Å². The largest absolute Gasteiger partial charge is 0.495 e. The van der Waals surface area contributed by atoms with Gasteiger partial charge in [0, 0.05) is 12.1 Å². The Bertz CT molecular complexity index is 609. The Labute approximate surface area is 119 Å². The van der Waals surface area contributed by atoms with Crippen LogP contribution in [0, 0.1) is 16.7 Å². The van der Waals surface area contributed by atoms with Crippen LogP contribution in [-0.4, -0.2) is 12.9 Å². The number of ether oxygens (including phenoxy) is 1. The number of benzene rings is 1. The summed E-state index contributed by atoms with van der Waals surface area (Å²) in [7, 11) is 1.59. The molecule has 1 aromatic rings. The van der Waals surface area contributed by atoms with Crippen LogP contribution in [0.4, 0.5) is 5.69 Å². The molecule has 0 amide bonds. The van der Waals surface area contributed by atoms with Gasteiger partial charge in [0.25, 0.3) is 0 Å². The van der Waals surface area contributed by atoms with Crippen molar-refractivity contribution in [2.24, 2.45) is 5.41 Å². The first-order chi connectivity index (χ1) is 9.46. The number of hydrogen-bond acceptors (Lipinski definition) is 4. The van der Waals surface area contributed by atoms with Gasteiger partial charge in [0.1, 0.15) is 17.4 Å². The SMILES string of the molecule is COc1ccccc1NC1=C(C#N)C(=O)CC(C)(C)C1. The number of rotatable bonds is 3. The van der Waals surface area contributed by atoms with Gasteiger partial charge >= 0.3 is 0 Å². The average Bonchev–Trinajstić information content (AvgIpc) is 2.38. The third kappa shape index (κ3) is 2.83. The first kappa shape index (κ1) is 14.1. The number of Topliss-reactive ketones (excluding diaryl/α,β-unsaturated/α-hetero) is 1. The lowest BCUT2D eigenvalue weighted by Gasteiger charge is -2.31. The van der Waals surface area contributed by atoms with Gasteiger partial charge in [-0.25, -0.2) is 0 Å². The molecule has 0 spiro atoms. The molecule has 0 bridgehead atoms. The number of allylic oxidation sites excluding steroid dienone is 2. The van der Waals surface area contributed by atoms with Gasteiger partial charge in [-0.15, -0.1) is 0 Å². The van der Waals surface area contributed by atoms with Crippen molar-refractivity contribution in [2.75, 3.05) is 12.4 Å². The first-order valence-electron chi connectivity index (χ1n) is 6.53. The Morgan fingerprint density at radius 3 is 2.65 bits per heavy atom. The third-order valence-electron chi connectivity index (χ3n) is 3.38. The van der Waals surface area contributed by atoms with Crippen molar-refractivity contribution < 1.29 is 9.53 Å². The number of nitrogens with one attached hydrogen (secondary N) is 1. The summed E-state index contributed by atoms with van der Waals surface area (Å²) in [5.41, 5.74) is 1.54. The van der Waals surface area contributed by atoms with Gasteiger partial charge in [-0.1, -0.05) is 26.0 Å². The minimum absolute atomic E-state index is 0.0962. The quantitative estimate of drug-likeness (QED) is 0.915. The van der Waals surface area contributed by atoms with E-state index < -0.39 is 0 Å². The zero-order valence-electron chi connectivity index (χ0n) is 12.0. The van der Waals surface area contributed by atoms with E-state index in [0.717, 1.165) is 5.69 Å². The Kier molecular flexibility index (Phi) is 3.80. The molecule has 4 nitrogen and oxygen atoms in total. The lowest BCUT2D eigenvalue weighted by Crippen LogP contribution is -2.28. The van der Waals surface area contributed by atoms with Gasteiger partial charge in [0.2, 0.25) is 0 Å². The second kappa shape index (κ2) is 5.38. The summed E-state index contributed by atoms with van der Waals surface area (Å²) in [6, 6.07) is 9.49. The smallest absolute Gasteiger partial charge is 0.175 e. The van der Waals surface area contributed by atoms with Crippen LogP contribution in [0.25, 0.3) is 0 Å². The van der Waals surface area contributed by atoms with E-state index >= 15 is 0 Å². The molecule has 1 aliphatic rings. The second-order valence-corrected chi connectivity index (χ2v) is 5.73. The zero-order chi connectivity index (χ0) is 14.8. The molecule has 1 aromatic carbocycles. The number of hydrogen-bond donors (Lipinski definition) is 1. The molecule has 4 heteroatoms. The summed E-state index contributed by atoms with van der Waals surface area (Å²) in [5, 5.41) is 12.4. The van der Waals surface area contributed by atoms with Gasteiger partial charge in [0.05, 0.1) is 12.8 Å². The molecule has 1 aliphatic carbocycles. The van der Waals surface area contributed by atoms with Crippen molar-refractivity contribution >= 4 is 11.5 Å². The lowest BCUT2D eigenvalue weighted by atomic mass is 9.76. The summed E-state index contributed by atoms with van der Waals surface area (Å²) in [6.07, 6.45) is 1.08. The Morgan fingerprint density at radius 1 is 1.30 bits per heavy atom. The van der Waals surface area contributed by atoms with Crippen LogP contribution >= 0.6 is 0 Å². The van der Waals surface area contributed by atoms with E-state index in [2.05, 4.69) is 5.32 Å². The Hall–Kier alpha value is -2.28. The molecule has 0 heterocycles. The van der Waals surface area contributed by atoms with Crippen molar-refractivity contribution in [3.05, 3.63) is 35.5 Å². The van der Waals surface area contributed by atoms with Crippen molar-refractivity contribution in [1.82, 2.24) is 0 Å². The summed E-state index contributed by atoms with van der Waals surface area (Å²) in [4.78, 5) is 12.0. The standard InChI is InChI=1S/C16H18N2O2/c1-16(2)8-13(11(10-17)14(19)9-16)18-12-6-4-5-7-15(12)20-3/h4-7,18H,8-9H2,1-3H3. The molecule has 0 saturated carbocycles. The van der Waals surface area contributed by atoms with Gasteiger partial charge in [-0.3, -0.25) is 4.79 Å². The number of nitriles is 1. The van der Waals surface area contributed by atoms with Crippen LogP contribution in [0.5, 0.6) is 5.75 Å². The lowest BCUT2D eigenvalue weighted by molar-refractivity contribution is -0.117. The molecule has 0 aromatic heterocycles. The molecule has 1 N–H and O–H groups in total. The van der Waals surface area contributed by atoms with Crippen LogP contribution in [0.3, 0.4) is 0 Å². The maximum Gasteiger partial charge on any atom is 0.175 e. The van der Waals surface area contributed by atoms with Crippen molar-refractivity contribution in [3.63, 3.8) is 0 Å². The van der Waals surface area contributed by atoms with Gasteiger partial charge in [0.15, 0.2) is 5.78 Å². The molecule has 0 fully saturated rings. The monoisotopic (exact) mass is 270 g/mol. The number of carbonyl (C=O) groups excluding carboxylic acids is 1. The van der Waals surface area contributed by atoms with E-state index in [-0.39, 0.29) is 16.8 Å². The molecule has 0 radical (unpaired) electrons. The molecule has 0 unspecified atom stereocenters. The van der Waals surface area contributed by atoms with Crippen LogP contribution in [-0.2, 0) is 4.79 Å². The fourth-order valence-corrected chi connectivity index (χ4v) is 2.47. The number of nitrogens with zero attached hydrogens (tertiary/aromatic N) is 1. The minimum atomic E-state index is -0.137. The highest BCUT2D eigenvalue weighted by molar-refractivity contribution is 6.01. The van der Waals surface area contributed by atoms with Gasteiger partial charge < -0.3 is 10.1 Å². The molecular weight excluding hydrogens is 252 g/mol. The molecule has 20 heavy (non-hydrogen) atoms. The zero-order valence-corrected chi connectivity index (χ0v) is 12.0. The highest BCUT2D eigenvalue weighted by atomic mass is 16.5. The van der Waals surface area contributed by atoms with E-state index in [4.69, 9.17) is 4.74 Å². The number of carbonyl (C=O) groups is 1. The Balaban J connectivity index is 2.39.